The second-order valence-electron chi connectivity index (χ2n) is 5.17. The molecule has 0 aromatic carbocycles. The number of nitrogens with two attached hydrogens (primary N) is 4. The molecular formula is C12H18N4O4. The molecule has 8 nitrogen and oxygen atoms in total. The van der Waals surface area contributed by atoms with Crippen molar-refractivity contribution in [2.75, 3.05) is 0 Å². The third-order valence-electron chi connectivity index (χ3n) is 3.40. The van der Waals surface area contributed by atoms with Crippen LogP contribution >= 0.6 is 0 Å². The van der Waals surface area contributed by atoms with Crippen molar-refractivity contribution in [1.29, 1.82) is 0 Å². The molecule has 0 amide bonds. The minimum Gasteiger partial charge on any atom is -0.368 e. The van der Waals surface area contributed by atoms with Crippen LogP contribution < -0.4 is 22.9 Å². The number of rotatable bonds is 1. The largest absolute Gasteiger partial charge is 0.368 e. The SMILES string of the molecule is NC1(O)C=CC(C2=CC(N)(O)C(N)(O)C=C2)=CC1(N)O. The number of hydrogen-bond donors (Lipinski definition) is 8. The van der Waals surface area contributed by atoms with Crippen LogP contribution in [0.3, 0.4) is 0 Å². The van der Waals surface area contributed by atoms with E-state index in [1.807, 2.05) is 0 Å². The summed E-state index contributed by atoms with van der Waals surface area (Å²) in [6.07, 6.45) is 7.23. The van der Waals surface area contributed by atoms with Crippen LogP contribution in [-0.4, -0.2) is 43.3 Å². The molecule has 0 saturated carbocycles. The van der Waals surface area contributed by atoms with Gasteiger partial charge in [-0.25, -0.2) is 0 Å². The Morgan fingerprint density at radius 3 is 1.15 bits per heavy atom. The van der Waals surface area contributed by atoms with Gasteiger partial charge in [0.05, 0.1) is 0 Å². The molecule has 0 spiro atoms. The van der Waals surface area contributed by atoms with E-state index in [1.165, 1.54) is 12.2 Å². The molecule has 4 unspecified atom stereocenters. The predicted octanol–water partition coefficient (Wildman–Crippen LogP) is -3.43. The highest BCUT2D eigenvalue weighted by Crippen LogP contribution is 2.31. The van der Waals surface area contributed by atoms with Gasteiger partial charge in [-0.05, 0) is 35.5 Å². The van der Waals surface area contributed by atoms with Gasteiger partial charge in [-0.2, -0.15) is 0 Å². The van der Waals surface area contributed by atoms with Crippen molar-refractivity contribution in [3.05, 3.63) is 47.6 Å². The minimum absolute atomic E-state index is 0.348. The first-order chi connectivity index (χ1) is 8.88. The first kappa shape index (κ1) is 15.0. The van der Waals surface area contributed by atoms with Crippen LogP contribution in [0.25, 0.3) is 0 Å². The van der Waals surface area contributed by atoms with Crippen LogP contribution in [-0.2, 0) is 0 Å². The lowest BCUT2D eigenvalue weighted by Crippen LogP contribution is -2.65. The van der Waals surface area contributed by atoms with E-state index in [0.29, 0.717) is 11.1 Å². The molecule has 110 valence electrons. The van der Waals surface area contributed by atoms with Crippen LogP contribution in [0.1, 0.15) is 0 Å². The molecule has 12 N–H and O–H groups in total. The van der Waals surface area contributed by atoms with Crippen LogP contribution in [0.5, 0.6) is 0 Å². The predicted molar refractivity (Wildman–Crippen MR) is 71.0 cm³/mol. The van der Waals surface area contributed by atoms with Gasteiger partial charge in [0.1, 0.15) is 0 Å². The number of hydrogen-bond acceptors (Lipinski definition) is 8. The molecule has 4 atom stereocenters. The lowest BCUT2D eigenvalue weighted by Gasteiger charge is -2.38. The summed E-state index contributed by atoms with van der Waals surface area (Å²) < 4.78 is 0. The Morgan fingerprint density at radius 1 is 0.600 bits per heavy atom. The molecule has 0 aliphatic heterocycles. The summed E-state index contributed by atoms with van der Waals surface area (Å²) in [7, 11) is 0. The average molecular weight is 282 g/mol. The summed E-state index contributed by atoms with van der Waals surface area (Å²) in [5, 5.41) is 39.2. The van der Waals surface area contributed by atoms with Gasteiger partial charge in [0.2, 0.25) is 0 Å². The van der Waals surface area contributed by atoms with E-state index in [2.05, 4.69) is 0 Å². The zero-order valence-corrected chi connectivity index (χ0v) is 10.6. The molecule has 0 saturated heterocycles. The van der Waals surface area contributed by atoms with Crippen molar-refractivity contribution in [2.24, 2.45) is 22.9 Å². The third-order valence-corrected chi connectivity index (χ3v) is 3.40. The van der Waals surface area contributed by atoms with E-state index in [1.54, 1.807) is 0 Å². The van der Waals surface area contributed by atoms with Crippen LogP contribution in [0, 0.1) is 0 Å². The maximum Gasteiger partial charge on any atom is 0.180 e. The second-order valence-corrected chi connectivity index (χ2v) is 5.17. The number of allylic oxidation sites excluding steroid dienone is 4. The summed E-state index contributed by atoms with van der Waals surface area (Å²) in [4.78, 5) is 0. The Hall–Kier alpha value is -1.36. The Labute approximate surface area is 115 Å². The lowest BCUT2D eigenvalue weighted by molar-refractivity contribution is -0.0876. The maximum absolute atomic E-state index is 9.89. The number of aliphatic hydroxyl groups is 4. The zero-order valence-electron chi connectivity index (χ0n) is 10.6. The molecule has 0 fully saturated rings. The fourth-order valence-corrected chi connectivity index (χ4v) is 1.86. The summed E-state index contributed by atoms with van der Waals surface area (Å²) in [5.74, 6) is 0. The van der Waals surface area contributed by atoms with Crippen molar-refractivity contribution in [3.63, 3.8) is 0 Å². The molecule has 0 bridgehead atoms. The maximum atomic E-state index is 9.89. The quantitative estimate of drug-likeness (QED) is 0.228. The summed E-state index contributed by atoms with van der Waals surface area (Å²) in [6, 6.07) is 0. The summed E-state index contributed by atoms with van der Waals surface area (Å²) in [5.41, 5.74) is 13.9. The smallest absolute Gasteiger partial charge is 0.180 e. The Kier molecular flexibility index (Phi) is 3.06. The van der Waals surface area contributed by atoms with Gasteiger partial charge < -0.3 is 20.4 Å². The first-order valence-corrected chi connectivity index (χ1v) is 5.78. The second kappa shape index (κ2) is 4.07. The monoisotopic (exact) mass is 282 g/mol. The van der Waals surface area contributed by atoms with E-state index >= 15 is 0 Å². The normalized spacial score (nSPS) is 48.0. The van der Waals surface area contributed by atoms with Crippen molar-refractivity contribution in [1.82, 2.24) is 0 Å². The fourth-order valence-electron chi connectivity index (χ4n) is 1.86. The molecule has 0 aromatic rings. The molecule has 8 heteroatoms. The van der Waals surface area contributed by atoms with Gasteiger partial charge in [0.25, 0.3) is 0 Å². The van der Waals surface area contributed by atoms with E-state index < -0.39 is 22.9 Å². The summed E-state index contributed by atoms with van der Waals surface area (Å²) >= 11 is 0. The summed E-state index contributed by atoms with van der Waals surface area (Å²) in [6.45, 7) is 0. The van der Waals surface area contributed by atoms with Gasteiger partial charge >= 0.3 is 0 Å². The highest BCUT2D eigenvalue weighted by molar-refractivity contribution is 5.54. The van der Waals surface area contributed by atoms with Gasteiger partial charge in [0.15, 0.2) is 22.9 Å². The highest BCUT2D eigenvalue weighted by atomic mass is 16.4. The van der Waals surface area contributed by atoms with Gasteiger partial charge in [-0.3, -0.25) is 22.9 Å². The molecule has 0 heterocycles. The van der Waals surface area contributed by atoms with E-state index in [9.17, 15) is 20.4 Å². The molecule has 2 aliphatic carbocycles. The molecule has 0 aromatic heterocycles. The van der Waals surface area contributed by atoms with Gasteiger partial charge in [0, 0.05) is 0 Å². The van der Waals surface area contributed by atoms with Crippen LogP contribution in [0.2, 0.25) is 0 Å². The fraction of sp³-hybridized carbons (Fsp3) is 0.333. The van der Waals surface area contributed by atoms with Crippen molar-refractivity contribution < 1.29 is 20.4 Å². The van der Waals surface area contributed by atoms with Crippen LogP contribution in [0.15, 0.2) is 47.6 Å². The Balaban J connectivity index is 2.42. The Morgan fingerprint density at radius 2 is 0.900 bits per heavy atom. The van der Waals surface area contributed by atoms with E-state index in [0.717, 1.165) is 24.3 Å². The highest BCUT2D eigenvalue weighted by Gasteiger charge is 2.45. The van der Waals surface area contributed by atoms with Crippen molar-refractivity contribution >= 4 is 0 Å². The molecule has 20 heavy (non-hydrogen) atoms. The van der Waals surface area contributed by atoms with Crippen molar-refractivity contribution in [3.8, 4) is 0 Å². The Bertz CT molecular complexity index is 506. The van der Waals surface area contributed by atoms with Gasteiger partial charge in [-0.15, -0.1) is 0 Å². The van der Waals surface area contributed by atoms with Gasteiger partial charge in [-0.1, -0.05) is 12.2 Å². The molecule has 2 aliphatic rings. The zero-order chi connectivity index (χ0) is 15.4. The van der Waals surface area contributed by atoms with E-state index in [-0.39, 0.29) is 0 Å². The van der Waals surface area contributed by atoms with Crippen molar-refractivity contribution in [2.45, 2.75) is 22.9 Å². The lowest BCUT2D eigenvalue weighted by atomic mass is 9.84. The molecule has 0 radical (unpaired) electrons. The van der Waals surface area contributed by atoms with E-state index in [4.69, 9.17) is 22.9 Å². The van der Waals surface area contributed by atoms with Crippen LogP contribution in [0.4, 0.5) is 0 Å². The molecular weight excluding hydrogens is 264 g/mol. The average Bonchev–Trinajstić information content (AvgIpc) is 2.26. The third kappa shape index (κ3) is 2.24. The topological polar surface area (TPSA) is 185 Å². The standard InChI is InChI=1S/C12H18N4O4/c13-9(17)3-1-7(5-11(9,15)19)8-2-4-10(14,18)12(16,20)6-8/h1-6,17-20H,13-16H2. The first-order valence-electron chi connectivity index (χ1n) is 5.78. The molecule has 2 rings (SSSR count). The minimum atomic E-state index is -2.20.